The lowest BCUT2D eigenvalue weighted by Gasteiger charge is -2.31. The summed E-state index contributed by atoms with van der Waals surface area (Å²) in [5, 5.41) is 2.73. The molecule has 6 nitrogen and oxygen atoms in total. The first kappa shape index (κ1) is 16.5. The Labute approximate surface area is 141 Å². The zero-order valence-corrected chi connectivity index (χ0v) is 13.8. The molecule has 2 heterocycles. The third-order valence-corrected chi connectivity index (χ3v) is 4.58. The van der Waals surface area contributed by atoms with Gasteiger partial charge < -0.3 is 15.0 Å². The lowest BCUT2D eigenvalue weighted by atomic mass is 9.88. The van der Waals surface area contributed by atoms with Crippen LogP contribution in [0.25, 0.3) is 0 Å². The van der Waals surface area contributed by atoms with E-state index >= 15 is 0 Å². The predicted octanol–water partition coefficient (Wildman–Crippen LogP) is 2.24. The van der Waals surface area contributed by atoms with Crippen LogP contribution >= 0.6 is 0 Å². The number of hydrogen-bond donors (Lipinski definition) is 1. The number of rotatable bonds is 4. The number of ketones is 1. The fourth-order valence-electron chi connectivity index (χ4n) is 3.24. The maximum Gasteiger partial charge on any atom is 0.262 e. The average molecular weight is 330 g/mol. The van der Waals surface area contributed by atoms with Gasteiger partial charge in [-0.15, -0.1) is 0 Å². The predicted molar refractivity (Wildman–Crippen MR) is 89.1 cm³/mol. The summed E-state index contributed by atoms with van der Waals surface area (Å²) in [5.74, 6) is 0.548. The van der Waals surface area contributed by atoms with Crippen molar-refractivity contribution < 1.29 is 19.1 Å². The second kappa shape index (κ2) is 7.03. The van der Waals surface area contributed by atoms with Crippen LogP contribution in [-0.2, 0) is 9.59 Å². The Morgan fingerprint density at radius 1 is 1.29 bits per heavy atom. The minimum Gasteiger partial charge on any atom is -0.482 e. The number of carbonyl (C=O) groups excluding carboxylic acids is 3. The quantitative estimate of drug-likeness (QED) is 0.859. The Hall–Kier alpha value is -2.37. The van der Waals surface area contributed by atoms with Crippen molar-refractivity contribution in [1.29, 1.82) is 0 Å². The normalized spacial score (nSPS) is 17.7. The number of nitrogens with zero attached hydrogens (tertiary/aromatic N) is 1. The van der Waals surface area contributed by atoms with Crippen molar-refractivity contribution in [2.75, 3.05) is 25.0 Å². The summed E-state index contributed by atoms with van der Waals surface area (Å²) in [6.07, 6.45) is 2.80. The first-order chi connectivity index (χ1) is 11.6. The molecule has 0 atom stereocenters. The topological polar surface area (TPSA) is 75.7 Å². The Morgan fingerprint density at radius 3 is 2.75 bits per heavy atom. The molecule has 0 bridgehead atoms. The zero-order valence-electron chi connectivity index (χ0n) is 13.8. The van der Waals surface area contributed by atoms with E-state index in [9.17, 15) is 14.4 Å². The lowest BCUT2D eigenvalue weighted by molar-refractivity contribution is -0.132. The molecule has 6 heteroatoms. The van der Waals surface area contributed by atoms with Crippen molar-refractivity contribution in [2.24, 2.45) is 5.92 Å². The summed E-state index contributed by atoms with van der Waals surface area (Å²) in [6.45, 7) is 3.28. The van der Waals surface area contributed by atoms with E-state index in [0.717, 1.165) is 6.42 Å². The highest BCUT2D eigenvalue weighted by molar-refractivity contribution is 6.01. The summed E-state index contributed by atoms with van der Waals surface area (Å²) in [6, 6.07) is 5.15. The smallest absolute Gasteiger partial charge is 0.262 e. The fourth-order valence-corrected chi connectivity index (χ4v) is 3.24. The summed E-state index contributed by atoms with van der Waals surface area (Å²) in [5.41, 5.74) is 1.13. The van der Waals surface area contributed by atoms with Gasteiger partial charge in [0.05, 0.1) is 5.69 Å². The molecular formula is C18H22N2O4. The molecule has 2 amide bonds. The highest BCUT2D eigenvalue weighted by Crippen LogP contribution is 2.30. The Kier molecular flexibility index (Phi) is 4.83. The van der Waals surface area contributed by atoms with Gasteiger partial charge in [0.25, 0.3) is 5.91 Å². The first-order valence-electron chi connectivity index (χ1n) is 8.47. The molecule has 0 aromatic heterocycles. The Bertz CT molecular complexity index is 663. The zero-order chi connectivity index (χ0) is 17.1. The van der Waals surface area contributed by atoms with Gasteiger partial charge in [0.2, 0.25) is 5.91 Å². The number of anilines is 1. The van der Waals surface area contributed by atoms with E-state index in [2.05, 4.69) is 5.32 Å². The van der Waals surface area contributed by atoms with Crippen molar-refractivity contribution >= 4 is 23.3 Å². The van der Waals surface area contributed by atoms with Gasteiger partial charge in [0.1, 0.15) is 5.75 Å². The molecule has 2 aliphatic heterocycles. The van der Waals surface area contributed by atoms with Gasteiger partial charge in [-0.05, 0) is 37.5 Å². The molecule has 0 spiro atoms. The number of fused-ring (bicyclic) bond motifs is 1. The van der Waals surface area contributed by atoms with Gasteiger partial charge >= 0.3 is 0 Å². The van der Waals surface area contributed by atoms with E-state index in [1.165, 1.54) is 0 Å². The van der Waals surface area contributed by atoms with E-state index in [-0.39, 0.29) is 30.1 Å². The van der Waals surface area contributed by atoms with Crippen molar-refractivity contribution in [3.8, 4) is 5.75 Å². The second-order valence-electron chi connectivity index (χ2n) is 6.32. The number of piperidine rings is 1. The van der Waals surface area contributed by atoms with E-state index in [1.54, 1.807) is 18.2 Å². The van der Waals surface area contributed by atoms with Crippen LogP contribution in [0.3, 0.4) is 0 Å². The molecule has 3 rings (SSSR count). The summed E-state index contributed by atoms with van der Waals surface area (Å²) in [4.78, 5) is 37.9. The van der Waals surface area contributed by atoms with Gasteiger partial charge in [0, 0.05) is 31.0 Å². The van der Waals surface area contributed by atoms with E-state index in [0.29, 0.717) is 49.4 Å². The molecule has 1 aromatic rings. The molecule has 0 saturated carbocycles. The van der Waals surface area contributed by atoms with Crippen molar-refractivity contribution in [1.82, 2.24) is 4.90 Å². The highest BCUT2D eigenvalue weighted by atomic mass is 16.5. The van der Waals surface area contributed by atoms with Crippen LogP contribution in [0.4, 0.5) is 5.69 Å². The monoisotopic (exact) mass is 330 g/mol. The van der Waals surface area contributed by atoms with E-state index < -0.39 is 0 Å². The maximum atomic E-state index is 12.7. The van der Waals surface area contributed by atoms with Crippen LogP contribution in [0.5, 0.6) is 5.75 Å². The molecule has 2 aliphatic rings. The molecular weight excluding hydrogens is 308 g/mol. The van der Waals surface area contributed by atoms with Crippen molar-refractivity contribution in [3.05, 3.63) is 23.8 Å². The summed E-state index contributed by atoms with van der Waals surface area (Å²) >= 11 is 0. The van der Waals surface area contributed by atoms with E-state index in [1.807, 2.05) is 11.8 Å². The number of ether oxygens (including phenoxy) is 1. The van der Waals surface area contributed by atoms with Crippen LogP contribution in [0, 0.1) is 5.92 Å². The third-order valence-electron chi connectivity index (χ3n) is 4.58. The van der Waals surface area contributed by atoms with Gasteiger partial charge in [-0.25, -0.2) is 0 Å². The maximum absolute atomic E-state index is 12.7. The largest absolute Gasteiger partial charge is 0.482 e. The molecule has 1 saturated heterocycles. The first-order valence-corrected chi connectivity index (χ1v) is 8.47. The van der Waals surface area contributed by atoms with Gasteiger partial charge in [-0.3, -0.25) is 14.4 Å². The lowest BCUT2D eigenvalue weighted by Crippen LogP contribution is -2.40. The summed E-state index contributed by atoms with van der Waals surface area (Å²) < 4.78 is 5.31. The molecule has 0 radical (unpaired) electrons. The summed E-state index contributed by atoms with van der Waals surface area (Å²) in [7, 11) is 0. The molecule has 0 unspecified atom stereocenters. The second-order valence-corrected chi connectivity index (χ2v) is 6.32. The molecule has 1 fully saturated rings. The van der Waals surface area contributed by atoms with E-state index in [4.69, 9.17) is 4.74 Å². The van der Waals surface area contributed by atoms with Crippen LogP contribution in [0.2, 0.25) is 0 Å². The van der Waals surface area contributed by atoms with Gasteiger partial charge in [0.15, 0.2) is 12.4 Å². The highest BCUT2D eigenvalue weighted by Gasteiger charge is 2.28. The molecule has 0 aliphatic carbocycles. The molecule has 1 aromatic carbocycles. The Balaban J connectivity index is 1.64. The Morgan fingerprint density at radius 2 is 2.04 bits per heavy atom. The number of amides is 2. The SMILES string of the molecule is CCCC(=O)N1CCC(C(=O)c2ccc3c(c2)NC(=O)CO3)CC1. The number of benzene rings is 1. The van der Waals surface area contributed by atoms with Gasteiger partial charge in [-0.1, -0.05) is 6.92 Å². The number of likely N-dealkylation sites (tertiary alicyclic amines) is 1. The fraction of sp³-hybridized carbons (Fsp3) is 0.500. The van der Waals surface area contributed by atoms with Crippen LogP contribution in [0.15, 0.2) is 18.2 Å². The van der Waals surface area contributed by atoms with Crippen LogP contribution in [0.1, 0.15) is 43.0 Å². The van der Waals surface area contributed by atoms with Crippen LogP contribution < -0.4 is 10.1 Å². The number of carbonyl (C=O) groups is 3. The number of hydrogen-bond acceptors (Lipinski definition) is 4. The van der Waals surface area contributed by atoms with Crippen LogP contribution in [-0.4, -0.2) is 42.2 Å². The standard InChI is InChI=1S/C18H22N2O4/c1-2-3-17(22)20-8-6-12(7-9-20)18(23)13-4-5-15-14(10-13)19-16(21)11-24-15/h4-5,10,12H,2-3,6-9,11H2,1H3,(H,19,21). The minimum absolute atomic E-state index is 0.00451. The minimum atomic E-state index is -0.213. The number of Topliss-reactive ketones (excluding diaryl/α,β-unsaturated/α-hetero) is 1. The molecule has 1 N–H and O–H groups in total. The number of nitrogens with one attached hydrogen (secondary N) is 1. The third kappa shape index (κ3) is 3.42. The van der Waals surface area contributed by atoms with Crippen molar-refractivity contribution in [2.45, 2.75) is 32.6 Å². The molecule has 128 valence electrons. The van der Waals surface area contributed by atoms with Gasteiger partial charge in [-0.2, -0.15) is 0 Å². The van der Waals surface area contributed by atoms with Crippen molar-refractivity contribution in [3.63, 3.8) is 0 Å². The molecule has 24 heavy (non-hydrogen) atoms. The average Bonchev–Trinajstić information content (AvgIpc) is 2.60.